The SMILES string of the molecule is CCOC(=O)C(O)c1ccc(OC)c(C(F)(F)F)c1. The number of hydrogen-bond donors (Lipinski definition) is 1. The van der Waals surface area contributed by atoms with Crippen molar-refractivity contribution in [2.45, 2.75) is 19.2 Å². The van der Waals surface area contributed by atoms with E-state index in [4.69, 9.17) is 0 Å². The molecule has 1 N–H and O–H groups in total. The third kappa shape index (κ3) is 3.60. The van der Waals surface area contributed by atoms with Crippen molar-refractivity contribution in [3.63, 3.8) is 0 Å². The molecule has 0 aliphatic carbocycles. The van der Waals surface area contributed by atoms with E-state index in [0.29, 0.717) is 6.07 Å². The summed E-state index contributed by atoms with van der Waals surface area (Å²) in [5.41, 5.74) is -1.26. The molecule has 0 amide bonds. The second kappa shape index (κ2) is 5.92. The number of aliphatic hydroxyl groups is 1. The highest BCUT2D eigenvalue weighted by Crippen LogP contribution is 2.37. The van der Waals surface area contributed by atoms with E-state index in [2.05, 4.69) is 9.47 Å². The van der Waals surface area contributed by atoms with Gasteiger partial charge < -0.3 is 14.6 Å². The highest BCUT2D eigenvalue weighted by Gasteiger charge is 2.35. The fourth-order valence-electron chi connectivity index (χ4n) is 1.47. The zero-order chi connectivity index (χ0) is 14.6. The van der Waals surface area contributed by atoms with Gasteiger partial charge in [0.15, 0.2) is 6.10 Å². The molecule has 0 aromatic heterocycles. The van der Waals surface area contributed by atoms with Gasteiger partial charge in [0.2, 0.25) is 0 Å². The summed E-state index contributed by atoms with van der Waals surface area (Å²) in [4.78, 5) is 11.3. The number of esters is 1. The quantitative estimate of drug-likeness (QED) is 0.859. The number of alkyl halides is 3. The molecule has 0 spiro atoms. The van der Waals surface area contributed by atoms with E-state index >= 15 is 0 Å². The Bertz CT molecular complexity index is 457. The van der Waals surface area contributed by atoms with Crippen molar-refractivity contribution in [3.8, 4) is 5.75 Å². The van der Waals surface area contributed by atoms with Crippen molar-refractivity contribution in [3.05, 3.63) is 29.3 Å². The van der Waals surface area contributed by atoms with Gasteiger partial charge in [-0.3, -0.25) is 0 Å². The highest BCUT2D eigenvalue weighted by atomic mass is 19.4. The van der Waals surface area contributed by atoms with Crippen LogP contribution in [0.1, 0.15) is 24.2 Å². The van der Waals surface area contributed by atoms with Crippen LogP contribution in [0.15, 0.2) is 18.2 Å². The molecule has 0 bridgehead atoms. The van der Waals surface area contributed by atoms with Gasteiger partial charge >= 0.3 is 12.1 Å². The zero-order valence-electron chi connectivity index (χ0n) is 10.3. The van der Waals surface area contributed by atoms with Crippen LogP contribution in [0, 0.1) is 0 Å². The predicted octanol–water partition coefficient (Wildman–Crippen LogP) is 2.31. The van der Waals surface area contributed by atoms with Crippen molar-refractivity contribution in [2.24, 2.45) is 0 Å². The topological polar surface area (TPSA) is 55.8 Å². The van der Waals surface area contributed by atoms with E-state index in [1.807, 2.05) is 0 Å². The fourth-order valence-corrected chi connectivity index (χ4v) is 1.47. The molecular weight excluding hydrogens is 265 g/mol. The van der Waals surface area contributed by atoms with Gasteiger partial charge in [-0.05, 0) is 24.6 Å². The third-order valence-electron chi connectivity index (χ3n) is 2.35. The molecule has 1 aromatic carbocycles. The first-order valence-electron chi connectivity index (χ1n) is 5.41. The molecule has 1 atom stereocenters. The number of aliphatic hydroxyl groups excluding tert-OH is 1. The van der Waals surface area contributed by atoms with Crippen LogP contribution in [0.3, 0.4) is 0 Å². The standard InChI is InChI=1S/C12H13F3O4/c1-3-19-11(17)10(16)7-4-5-9(18-2)8(6-7)12(13,14)15/h4-6,10,16H,3H2,1-2H3. The first-order chi connectivity index (χ1) is 8.81. The van der Waals surface area contributed by atoms with Crippen LogP contribution < -0.4 is 4.74 Å². The molecule has 7 heteroatoms. The van der Waals surface area contributed by atoms with Gasteiger partial charge in [-0.2, -0.15) is 13.2 Å². The van der Waals surface area contributed by atoms with Crippen molar-refractivity contribution >= 4 is 5.97 Å². The molecule has 0 aliphatic rings. The Balaban J connectivity index is 3.15. The van der Waals surface area contributed by atoms with Gasteiger partial charge in [-0.25, -0.2) is 4.79 Å². The predicted molar refractivity (Wildman–Crippen MR) is 59.6 cm³/mol. The Labute approximate surface area is 107 Å². The number of carbonyl (C=O) groups is 1. The summed E-state index contributed by atoms with van der Waals surface area (Å²) in [5, 5.41) is 9.59. The minimum atomic E-state index is -4.64. The number of methoxy groups -OCH3 is 1. The Kier molecular flexibility index (Phi) is 4.77. The maximum Gasteiger partial charge on any atom is 0.419 e. The van der Waals surface area contributed by atoms with Crippen LogP contribution in [-0.2, 0) is 15.7 Å². The molecule has 0 radical (unpaired) electrons. The summed E-state index contributed by atoms with van der Waals surface area (Å²) in [6.45, 7) is 1.55. The molecule has 1 rings (SSSR count). The summed E-state index contributed by atoms with van der Waals surface area (Å²) in [6.07, 6.45) is -6.40. The summed E-state index contributed by atoms with van der Waals surface area (Å²) < 4.78 is 47.4. The minimum Gasteiger partial charge on any atom is -0.496 e. The van der Waals surface area contributed by atoms with E-state index in [1.165, 1.54) is 13.0 Å². The van der Waals surface area contributed by atoms with E-state index in [9.17, 15) is 23.1 Å². The van der Waals surface area contributed by atoms with Crippen LogP contribution in [0.2, 0.25) is 0 Å². The molecule has 0 aliphatic heterocycles. The number of rotatable bonds is 4. The molecule has 0 heterocycles. The van der Waals surface area contributed by atoms with E-state index < -0.39 is 23.8 Å². The lowest BCUT2D eigenvalue weighted by molar-refractivity contribution is -0.153. The second-order valence-electron chi connectivity index (χ2n) is 3.61. The maximum atomic E-state index is 12.8. The number of halogens is 3. The number of hydrogen-bond acceptors (Lipinski definition) is 4. The average Bonchev–Trinajstić information content (AvgIpc) is 2.36. The Hall–Kier alpha value is -1.76. The lowest BCUT2D eigenvalue weighted by Gasteiger charge is -2.15. The zero-order valence-corrected chi connectivity index (χ0v) is 10.3. The van der Waals surface area contributed by atoms with Crippen molar-refractivity contribution in [2.75, 3.05) is 13.7 Å². The third-order valence-corrected chi connectivity index (χ3v) is 2.35. The molecule has 0 saturated carbocycles. The molecule has 106 valence electrons. The summed E-state index contributed by atoms with van der Waals surface area (Å²) in [7, 11) is 1.10. The normalized spacial score (nSPS) is 12.9. The van der Waals surface area contributed by atoms with Gasteiger partial charge in [0, 0.05) is 0 Å². The van der Waals surface area contributed by atoms with Crippen molar-refractivity contribution in [1.29, 1.82) is 0 Å². The van der Waals surface area contributed by atoms with Gasteiger partial charge in [-0.15, -0.1) is 0 Å². The smallest absolute Gasteiger partial charge is 0.419 e. The minimum absolute atomic E-state index is 0.0260. The maximum absolute atomic E-state index is 12.8. The Morgan fingerprint density at radius 3 is 2.53 bits per heavy atom. The van der Waals surface area contributed by atoms with Gasteiger partial charge in [0.25, 0.3) is 0 Å². The van der Waals surface area contributed by atoms with Crippen LogP contribution in [0.25, 0.3) is 0 Å². The molecule has 1 unspecified atom stereocenters. The Morgan fingerprint density at radius 2 is 2.05 bits per heavy atom. The van der Waals surface area contributed by atoms with Gasteiger partial charge in [0.05, 0.1) is 19.3 Å². The molecule has 4 nitrogen and oxygen atoms in total. The highest BCUT2D eigenvalue weighted by molar-refractivity contribution is 5.76. The summed E-state index contributed by atoms with van der Waals surface area (Å²) in [6, 6.07) is 2.89. The van der Waals surface area contributed by atoms with Crippen LogP contribution in [-0.4, -0.2) is 24.8 Å². The lowest BCUT2D eigenvalue weighted by Crippen LogP contribution is -2.16. The fraction of sp³-hybridized carbons (Fsp3) is 0.417. The largest absolute Gasteiger partial charge is 0.496 e. The summed E-state index contributed by atoms with van der Waals surface area (Å²) in [5.74, 6) is -1.38. The molecule has 0 saturated heterocycles. The van der Waals surface area contributed by atoms with Crippen molar-refractivity contribution in [1.82, 2.24) is 0 Å². The first-order valence-corrected chi connectivity index (χ1v) is 5.41. The number of ether oxygens (including phenoxy) is 2. The Morgan fingerprint density at radius 1 is 1.42 bits per heavy atom. The van der Waals surface area contributed by atoms with E-state index in [1.54, 1.807) is 0 Å². The van der Waals surface area contributed by atoms with E-state index in [0.717, 1.165) is 13.2 Å². The van der Waals surface area contributed by atoms with Gasteiger partial charge in [0.1, 0.15) is 5.75 Å². The van der Waals surface area contributed by atoms with Gasteiger partial charge in [-0.1, -0.05) is 6.07 Å². The summed E-state index contributed by atoms with van der Waals surface area (Å²) >= 11 is 0. The molecule has 1 aromatic rings. The lowest BCUT2D eigenvalue weighted by atomic mass is 10.0. The number of carbonyl (C=O) groups excluding carboxylic acids is 1. The average molecular weight is 278 g/mol. The molecule has 19 heavy (non-hydrogen) atoms. The molecular formula is C12H13F3O4. The van der Waals surface area contributed by atoms with Crippen LogP contribution in [0.4, 0.5) is 13.2 Å². The molecule has 0 fully saturated rings. The first kappa shape index (κ1) is 15.3. The second-order valence-corrected chi connectivity index (χ2v) is 3.61. The van der Waals surface area contributed by atoms with Crippen LogP contribution >= 0.6 is 0 Å². The van der Waals surface area contributed by atoms with Crippen molar-refractivity contribution < 1.29 is 32.5 Å². The monoisotopic (exact) mass is 278 g/mol. The van der Waals surface area contributed by atoms with Crippen LogP contribution in [0.5, 0.6) is 5.75 Å². The number of benzene rings is 1. The van der Waals surface area contributed by atoms with E-state index in [-0.39, 0.29) is 17.9 Å².